The average Bonchev–Trinajstić information content (AvgIpc) is 2.43. The van der Waals surface area contributed by atoms with Gasteiger partial charge < -0.3 is 10.1 Å². The molecule has 0 aliphatic rings. The van der Waals surface area contributed by atoms with Crippen molar-refractivity contribution in [3.63, 3.8) is 0 Å². The van der Waals surface area contributed by atoms with Gasteiger partial charge in [-0.25, -0.2) is 0 Å². The zero-order valence-electron chi connectivity index (χ0n) is 12.0. The van der Waals surface area contributed by atoms with E-state index in [0.29, 0.717) is 13.2 Å². The van der Waals surface area contributed by atoms with Gasteiger partial charge in [0, 0.05) is 5.41 Å². The smallest absolute Gasteiger partial charge is 0.225 e. The highest BCUT2D eigenvalue weighted by Gasteiger charge is 2.24. The molecule has 0 spiro atoms. The summed E-state index contributed by atoms with van der Waals surface area (Å²) in [7, 11) is 0. The third-order valence-corrected chi connectivity index (χ3v) is 3.27. The number of nitrogens with one attached hydrogen (secondary N) is 1. The van der Waals surface area contributed by atoms with Crippen molar-refractivity contribution in [3.8, 4) is 5.75 Å². The summed E-state index contributed by atoms with van der Waals surface area (Å²) in [4.78, 5) is 11.8. The predicted octanol–water partition coefficient (Wildman–Crippen LogP) is 3.26. The molecule has 3 nitrogen and oxygen atoms in total. The molecule has 0 heterocycles. The Morgan fingerprint density at radius 3 is 2.53 bits per heavy atom. The van der Waals surface area contributed by atoms with Crippen molar-refractivity contribution < 1.29 is 9.53 Å². The second-order valence-electron chi connectivity index (χ2n) is 5.11. The van der Waals surface area contributed by atoms with Crippen LogP contribution in [0.25, 0.3) is 6.08 Å². The van der Waals surface area contributed by atoms with Crippen LogP contribution in [-0.2, 0) is 4.79 Å². The van der Waals surface area contributed by atoms with Crippen molar-refractivity contribution in [1.29, 1.82) is 0 Å². The Kier molecular flexibility index (Phi) is 5.61. The molecule has 1 rings (SSSR count). The molecule has 1 amide bonds. The van der Waals surface area contributed by atoms with E-state index < -0.39 is 0 Å². The first-order chi connectivity index (χ1) is 8.99. The summed E-state index contributed by atoms with van der Waals surface area (Å²) in [6.45, 7) is 10.6. The number of ether oxygens (including phenoxy) is 1. The van der Waals surface area contributed by atoms with Crippen LogP contribution < -0.4 is 10.1 Å². The maximum absolute atomic E-state index is 11.8. The van der Waals surface area contributed by atoms with Crippen molar-refractivity contribution in [2.45, 2.75) is 27.2 Å². The van der Waals surface area contributed by atoms with E-state index >= 15 is 0 Å². The maximum Gasteiger partial charge on any atom is 0.225 e. The Bertz CT molecular complexity index is 421. The van der Waals surface area contributed by atoms with Crippen LogP contribution in [0.4, 0.5) is 0 Å². The minimum atomic E-state index is -0.314. The topological polar surface area (TPSA) is 38.3 Å². The predicted molar refractivity (Wildman–Crippen MR) is 79.1 cm³/mol. The van der Waals surface area contributed by atoms with Gasteiger partial charge in [-0.2, -0.15) is 0 Å². The molecule has 19 heavy (non-hydrogen) atoms. The summed E-state index contributed by atoms with van der Waals surface area (Å²) in [5.41, 5.74) is 0.747. The third kappa shape index (κ3) is 4.78. The van der Waals surface area contributed by atoms with Gasteiger partial charge in [0.05, 0.1) is 6.54 Å². The highest BCUT2D eigenvalue weighted by atomic mass is 16.5. The molecule has 0 fully saturated rings. The van der Waals surface area contributed by atoms with E-state index in [1.54, 1.807) is 6.08 Å². The minimum Gasteiger partial charge on any atom is -0.492 e. The van der Waals surface area contributed by atoms with Crippen LogP contribution in [0, 0.1) is 5.41 Å². The zero-order chi connectivity index (χ0) is 14.3. The van der Waals surface area contributed by atoms with Gasteiger partial charge in [-0.1, -0.05) is 45.6 Å². The fourth-order valence-electron chi connectivity index (χ4n) is 1.43. The van der Waals surface area contributed by atoms with Crippen LogP contribution in [-0.4, -0.2) is 19.1 Å². The van der Waals surface area contributed by atoms with E-state index in [0.717, 1.165) is 17.7 Å². The molecule has 0 bridgehead atoms. The molecule has 104 valence electrons. The lowest BCUT2D eigenvalue weighted by Gasteiger charge is -2.21. The van der Waals surface area contributed by atoms with Gasteiger partial charge in [-0.15, -0.1) is 0 Å². The summed E-state index contributed by atoms with van der Waals surface area (Å²) >= 11 is 0. The molecule has 1 aromatic carbocycles. The average molecular weight is 261 g/mol. The van der Waals surface area contributed by atoms with Crippen molar-refractivity contribution in [1.82, 2.24) is 5.32 Å². The molecular formula is C16H23NO2. The fourth-order valence-corrected chi connectivity index (χ4v) is 1.43. The summed E-state index contributed by atoms with van der Waals surface area (Å²) < 4.78 is 5.55. The molecule has 0 saturated heterocycles. The van der Waals surface area contributed by atoms with E-state index in [1.165, 1.54) is 0 Å². The Morgan fingerprint density at radius 2 is 2.00 bits per heavy atom. The third-order valence-electron chi connectivity index (χ3n) is 3.27. The normalized spacial score (nSPS) is 10.9. The van der Waals surface area contributed by atoms with Gasteiger partial charge in [0.15, 0.2) is 0 Å². The first-order valence-corrected chi connectivity index (χ1v) is 6.63. The van der Waals surface area contributed by atoms with Gasteiger partial charge in [0.1, 0.15) is 12.4 Å². The van der Waals surface area contributed by atoms with E-state index in [4.69, 9.17) is 4.74 Å². The summed E-state index contributed by atoms with van der Waals surface area (Å²) in [5, 5.41) is 2.89. The number of amides is 1. The first kappa shape index (κ1) is 15.3. The molecule has 0 atom stereocenters. The second-order valence-corrected chi connectivity index (χ2v) is 5.11. The lowest BCUT2D eigenvalue weighted by Crippen LogP contribution is -2.38. The minimum absolute atomic E-state index is 0.0700. The molecule has 0 aromatic heterocycles. The number of hydrogen-bond donors (Lipinski definition) is 1. The van der Waals surface area contributed by atoms with Gasteiger partial charge >= 0.3 is 0 Å². The SMILES string of the molecule is C=Cc1ccc(OCCNC(=O)C(C)(C)CC)cc1. The fraction of sp³-hybridized carbons (Fsp3) is 0.438. The molecule has 0 aliphatic heterocycles. The number of carbonyl (C=O) groups is 1. The van der Waals surface area contributed by atoms with Crippen LogP contribution in [0.2, 0.25) is 0 Å². The Balaban J connectivity index is 2.31. The van der Waals surface area contributed by atoms with Crippen molar-refractivity contribution in [2.24, 2.45) is 5.41 Å². The second kappa shape index (κ2) is 6.98. The standard InChI is InChI=1S/C16H23NO2/c1-5-13-7-9-14(10-8-13)19-12-11-17-15(18)16(3,4)6-2/h5,7-10H,1,6,11-12H2,2-4H3,(H,17,18). The van der Waals surface area contributed by atoms with Crippen LogP contribution in [0.3, 0.4) is 0 Å². The van der Waals surface area contributed by atoms with E-state index in [1.807, 2.05) is 45.0 Å². The van der Waals surface area contributed by atoms with Crippen molar-refractivity contribution >= 4 is 12.0 Å². The monoisotopic (exact) mass is 261 g/mol. The Morgan fingerprint density at radius 1 is 1.37 bits per heavy atom. The molecule has 0 radical (unpaired) electrons. The van der Waals surface area contributed by atoms with E-state index in [2.05, 4.69) is 11.9 Å². The van der Waals surface area contributed by atoms with Gasteiger partial charge in [0.2, 0.25) is 5.91 Å². The molecule has 0 aliphatic carbocycles. The number of carbonyl (C=O) groups excluding carboxylic acids is 1. The van der Waals surface area contributed by atoms with Crippen LogP contribution in [0.5, 0.6) is 5.75 Å². The number of benzene rings is 1. The van der Waals surface area contributed by atoms with Crippen LogP contribution >= 0.6 is 0 Å². The van der Waals surface area contributed by atoms with Crippen molar-refractivity contribution in [2.75, 3.05) is 13.2 Å². The van der Waals surface area contributed by atoms with E-state index in [9.17, 15) is 4.79 Å². The first-order valence-electron chi connectivity index (χ1n) is 6.63. The quantitative estimate of drug-likeness (QED) is 0.765. The largest absolute Gasteiger partial charge is 0.492 e. The van der Waals surface area contributed by atoms with Gasteiger partial charge in [0.25, 0.3) is 0 Å². The van der Waals surface area contributed by atoms with Crippen LogP contribution in [0.15, 0.2) is 30.8 Å². The van der Waals surface area contributed by atoms with Gasteiger partial charge in [-0.3, -0.25) is 4.79 Å². The molecular weight excluding hydrogens is 238 g/mol. The van der Waals surface area contributed by atoms with E-state index in [-0.39, 0.29) is 11.3 Å². The molecule has 1 aromatic rings. The lowest BCUT2D eigenvalue weighted by molar-refractivity contribution is -0.129. The molecule has 1 N–H and O–H groups in total. The van der Waals surface area contributed by atoms with Gasteiger partial charge in [-0.05, 0) is 24.1 Å². The van der Waals surface area contributed by atoms with Crippen LogP contribution in [0.1, 0.15) is 32.8 Å². The summed E-state index contributed by atoms with van der Waals surface area (Å²) in [6, 6.07) is 7.69. The Hall–Kier alpha value is -1.77. The number of hydrogen-bond acceptors (Lipinski definition) is 2. The molecule has 3 heteroatoms. The maximum atomic E-state index is 11.8. The molecule has 0 saturated carbocycles. The zero-order valence-corrected chi connectivity index (χ0v) is 12.0. The highest BCUT2D eigenvalue weighted by Crippen LogP contribution is 2.19. The summed E-state index contributed by atoms with van der Waals surface area (Å²) in [5.74, 6) is 0.871. The summed E-state index contributed by atoms with van der Waals surface area (Å²) in [6.07, 6.45) is 2.61. The molecule has 0 unspecified atom stereocenters. The Labute approximate surface area is 115 Å². The van der Waals surface area contributed by atoms with Crippen molar-refractivity contribution in [3.05, 3.63) is 36.4 Å². The highest BCUT2D eigenvalue weighted by molar-refractivity contribution is 5.81. The number of rotatable bonds is 7. The lowest BCUT2D eigenvalue weighted by atomic mass is 9.89.